The Hall–Kier alpha value is -1.71. The third kappa shape index (κ3) is 7.24. The highest BCUT2D eigenvalue weighted by Gasteiger charge is 2.24. The minimum atomic E-state index is -3.28. The number of sulfonamides is 1. The number of halogens is 1. The van der Waals surface area contributed by atoms with Crippen LogP contribution in [0.5, 0.6) is 0 Å². The van der Waals surface area contributed by atoms with Crippen molar-refractivity contribution in [2.24, 2.45) is 0 Å². The Kier molecular flexibility index (Phi) is 8.42. The first-order chi connectivity index (χ1) is 13.6. The fourth-order valence-corrected chi connectivity index (χ4v) is 3.99. The summed E-state index contributed by atoms with van der Waals surface area (Å²) in [6.45, 7) is 8.68. The van der Waals surface area contributed by atoms with Crippen molar-refractivity contribution in [3.8, 4) is 0 Å². The van der Waals surface area contributed by atoms with Crippen LogP contribution >= 0.6 is 0 Å². The fourth-order valence-electron chi connectivity index (χ4n) is 3.23. The van der Waals surface area contributed by atoms with Crippen LogP contribution in [0.4, 0.5) is 15.8 Å². The van der Waals surface area contributed by atoms with Gasteiger partial charge in [0.1, 0.15) is 5.82 Å². The van der Waals surface area contributed by atoms with E-state index in [0.29, 0.717) is 43.9 Å². The van der Waals surface area contributed by atoms with Crippen molar-refractivity contribution in [3.05, 3.63) is 24.0 Å². The van der Waals surface area contributed by atoms with Crippen LogP contribution in [0.1, 0.15) is 47.0 Å². The molecule has 1 amide bonds. The van der Waals surface area contributed by atoms with E-state index in [2.05, 4.69) is 10.0 Å². The van der Waals surface area contributed by atoms with E-state index in [1.54, 1.807) is 26.0 Å². The van der Waals surface area contributed by atoms with Gasteiger partial charge in [-0.25, -0.2) is 17.5 Å². The summed E-state index contributed by atoms with van der Waals surface area (Å²) in [7, 11) is -3.28. The van der Waals surface area contributed by atoms with Crippen molar-refractivity contribution >= 4 is 27.3 Å². The Morgan fingerprint density at radius 3 is 2.48 bits per heavy atom. The molecule has 2 rings (SSSR count). The molecule has 0 spiro atoms. The average Bonchev–Trinajstić information content (AvgIpc) is 2.60. The number of carbonyl (C=O) groups excluding carboxylic acids is 1. The van der Waals surface area contributed by atoms with Gasteiger partial charge in [0.25, 0.3) is 0 Å². The van der Waals surface area contributed by atoms with Crippen molar-refractivity contribution in [2.45, 2.75) is 64.4 Å². The Morgan fingerprint density at radius 2 is 1.90 bits per heavy atom. The first-order valence-electron chi connectivity index (χ1n) is 10.1. The molecule has 1 aromatic carbocycles. The van der Waals surface area contributed by atoms with Gasteiger partial charge in [0.2, 0.25) is 15.9 Å². The molecule has 1 heterocycles. The van der Waals surface area contributed by atoms with Gasteiger partial charge in [-0.2, -0.15) is 0 Å². The highest BCUT2D eigenvalue weighted by molar-refractivity contribution is 7.90. The molecule has 2 atom stereocenters. The number of anilines is 2. The number of amides is 1. The first kappa shape index (κ1) is 23.6. The van der Waals surface area contributed by atoms with Crippen LogP contribution in [-0.2, 0) is 19.6 Å². The van der Waals surface area contributed by atoms with E-state index < -0.39 is 15.3 Å². The van der Waals surface area contributed by atoms with Crippen molar-refractivity contribution in [1.82, 2.24) is 4.72 Å². The molecule has 7 nitrogen and oxygen atoms in total. The van der Waals surface area contributed by atoms with Crippen LogP contribution in [0.15, 0.2) is 18.2 Å². The van der Waals surface area contributed by atoms with E-state index in [0.717, 1.165) is 0 Å². The minimum Gasteiger partial charge on any atom is -0.372 e. The van der Waals surface area contributed by atoms with Crippen LogP contribution in [0.2, 0.25) is 0 Å². The molecule has 2 unspecified atom stereocenters. The predicted octanol–water partition coefficient (Wildman–Crippen LogP) is 2.88. The number of benzene rings is 1. The molecular formula is C20H32FN3O4S. The summed E-state index contributed by atoms with van der Waals surface area (Å²) in [6.07, 6.45) is 1.40. The lowest BCUT2D eigenvalue weighted by Crippen LogP contribution is -2.45. The van der Waals surface area contributed by atoms with Gasteiger partial charge in [-0.1, -0.05) is 0 Å². The summed E-state index contributed by atoms with van der Waals surface area (Å²) in [4.78, 5) is 14.0. The normalized spacial score (nSPS) is 20.1. The largest absolute Gasteiger partial charge is 0.372 e. The summed E-state index contributed by atoms with van der Waals surface area (Å²) >= 11 is 0. The highest BCUT2D eigenvalue weighted by Crippen LogP contribution is 2.26. The lowest BCUT2D eigenvalue weighted by Gasteiger charge is -2.37. The molecule has 9 heteroatoms. The van der Waals surface area contributed by atoms with E-state index in [-0.39, 0.29) is 30.4 Å². The molecule has 164 valence electrons. The van der Waals surface area contributed by atoms with E-state index in [1.807, 2.05) is 18.7 Å². The molecule has 1 aliphatic rings. The third-order valence-corrected chi connectivity index (χ3v) is 6.59. The molecule has 0 bridgehead atoms. The van der Waals surface area contributed by atoms with E-state index in [4.69, 9.17) is 4.74 Å². The molecule has 1 saturated heterocycles. The second-order valence-corrected chi connectivity index (χ2v) is 10.1. The van der Waals surface area contributed by atoms with Crippen LogP contribution < -0.4 is 14.9 Å². The van der Waals surface area contributed by atoms with Gasteiger partial charge in [-0.05, 0) is 58.7 Å². The molecule has 29 heavy (non-hydrogen) atoms. The maximum Gasteiger partial charge on any atom is 0.224 e. The monoisotopic (exact) mass is 429 g/mol. The van der Waals surface area contributed by atoms with Gasteiger partial charge >= 0.3 is 0 Å². The number of morpholine rings is 1. The van der Waals surface area contributed by atoms with E-state index in [9.17, 15) is 17.6 Å². The summed E-state index contributed by atoms with van der Waals surface area (Å²) in [5.74, 6) is -0.607. The zero-order valence-electron chi connectivity index (χ0n) is 17.6. The van der Waals surface area contributed by atoms with E-state index >= 15 is 0 Å². The molecular weight excluding hydrogens is 397 g/mol. The number of ether oxygens (including phenoxy) is 1. The van der Waals surface area contributed by atoms with E-state index in [1.165, 1.54) is 6.07 Å². The smallest absolute Gasteiger partial charge is 0.224 e. The molecule has 0 aromatic heterocycles. The number of hydrogen-bond acceptors (Lipinski definition) is 5. The molecule has 1 aliphatic heterocycles. The lowest BCUT2D eigenvalue weighted by molar-refractivity contribution is -0.116. The Balaban J connectivity index is 1.80. The maximum absolute atomic E-state index is 14.6. The zero-order valence-corrected chi connectivity index (χ0v) is 18.4. The van der Waals surface area contributed by atoms with Crippen LogP contribution in [-0.4, -0.2) is 51.4 Å². The Labute approximate surface area is 173 Å². The Bertz CT molecular complexity index is 791. The molecule has 0 saturated carbocycles. The summed E-state index contributed by atoms with van der Waals surface area (Å²) in [6, 6.07) is 4.70. The van der Waals surface area contributed by atoms with Crippen LogP contribution in [0.3, 0.4) is 0 Å². The molecule has 1 aromatic rings. The highest BCUT2D eigenvalue weighted by atomic mass is 32.2. The van der Waals surface area contributed by atoms with Gasteiger partial charge in [0.15, 0.2) is 0 Å². The number of nitrogens with one attached hydrogen (secondary N) is 2. The van der Waals surface area contributed by atoms with Gasteiger partial charge in [0.05, 0.1) is 23.1 Å². The zero-order chi connectivity index (χ0) is 21.6. The number of hydrogen-bond donors (Lipinski definition) is 2. The van der Waals surface area contributed by atoms with Crippen molar-refractivity contribution < 1.29 is 22.3 Å². The Morgan fingerprint density at radius 1 is 1.24 bits per heavy atom. The van der Waals surface area contributed by atoms with Crippen molar-refractivity contribution in [2.75, 3.05) is 29.9 Å². The maximum atomic E-state index is 14.6. The third-order valence-electron chi connectivity index (χ3n) is 4.75. The lowest BCUT2D eigenvalue weighted by atomic mass is 10.1. The molecule has 0 aliphatic carbocycles. The topological polar surface area (TPSA) is 87.7 Å². The van der Waals surface area contributed by atoms with Gasteiger partial charge < -0.3 is 15.0 Å². The predicted molar refractivity (Wildman–Crippen MR) is 113 cm³/mol. The van der Waals surface area contributed by atoms with Crippen LogP contribution in [0, 0.1) is 5.82 Å². The average molecular weight is 430 g/mol. The summed E-state index contributed by atoms with van der Waals surface area (Å²) in [5, 5.41) is 2.22. The summed E-state index contributed by atoms with van der Waals surface area (Å²) < 4.78 is 46.0. The van der Waals surface area contributed by atoms with Gasteiger partial charge in [0, 0.05) is 31.7 Å². The fraction of sp³-hybridized carbons (Fsp3) is 0.650. The SMILES string of the molecule is CC1CN(c2ccc(NC(=O)CCCCNS(=O)(=O)C(C)C)cc2F)CC(C)O1. The minimum absolute atomic E-state index is 0.0301. The number of carbonyl (C=O) groups is 1. The van der Waals surface area contributed by atoms with Crippen molar-refractivity contribution in [3.63, 3.8) is 0 Å². The van der Waals surface area contributed by atoms with Crippen LogP contribution in [0.25, 0.3) is 0 Å². The summed E-state index contributed by atoms with van der Waals surface area (Å²) in [5.41, 5.74) is 0.911. The molecule has 2 N–H and O–H groups in total. The van der Waals surface area contributed by atoms with Gasteiger partial charge in [-0.15, -0.1) is 0 Å². The van der Waals surface area contributed by atoms with Gasteiger partial charge in [-0.3, -0.25) is 4.79 Å². The molecule has 1 fully saturated rings. The number of unbranched alkanes of at least 4 members (excludes halogenated alkanes) is 1. The number of nitrogens with zero attached hydrogens (tertiary/aromatic N) is 1. The standard InChI is InChI=1S/C20H32FN3O4S/c1-14(2)29(26,27)22-10-6-5-7-20(25)23-17-8-9-19(18(21)11-17)24-12-15(3)28-16(4)13-24/h8-9,11,14-16,22H,5-7,10,12-13H2,1-4H3,(H,23,25). The first-order valence-corrected chi connectivity index (χ1v) is 11.6. The second kappa shape index (κ2) is 10.4. The van der Waals surface area contributed by atoms with Crippen molar-refractivity contribution in [1.29, 1.82) is 0 Å². The second-order valence-electron chi connectivity index (χ2n) is 7.82. The quantitative estimate of drug-likeness (QED) is 0.590. The molecule has 0 radical (unpaired) electrons. The number of rotatable bonds is 9.